The van der Waals surface area contributed by atoms with E-state index in [4.69, 9.17) is 9.15 Å². The average molecular weight is 273 g/mol. The molecule has 3 nitrogen and oxygen atoms in total. The highest BCUT2D eigenvalue weighted by atomic mass is 16.5. The van der Waals surface area contributed by atoms with Crippen LogP contribution in [0.5, 0.6) is 5.75 Å². The number of hydrogen-bond acceptors (Lipinski definition) is 3. The van der Waals surface area contributed by atoms with Crippen molar-refractivity contribution in [1.29, 1.82) is 0 Å². The van der Waals surface area contributed by atoms with Gasteiger partial charge in [0.25, 0.3) is 0 Å². The third-order valence-corrected chi connectivity index (χ3v) is 2.97. The summed E-state index contributed by atoms with van der Waals surface area (Å²) in [6.07, 6.45) is 0. The van der Waals surface area contributed by atoms with Gasteiger partial charge in [-0.2, -0.15) is 0 Å². The standard InChI is InChI=1S/C17H23NO2/c1-13(2)10-18-11-16-8-9-17(20-16)12-19-15-6-4-14(3)5-7-15/h4-9,13,18H,10-12H2,1-3H3. The summed E-state index contributed by atoms with van der Waals surface area (Å²) in [4.78, 5) is 0. The Morgan fingerprint density at radius 3 is 2.45 bits per heavy atom. The molecule has 0 aliphatic rings. The summed E-state index contributed by atoms with van der Waals surface area (Å²) < 4.78 is 11.4. The van der Waals surface area contributed by atoms with Gasteiger partial charge in [0.1, 0.15) is 23.9 Å². The molecular formula is C17H23NO2. The maximum atomic E-state index is 5.72. The fourth-order valence-electron chi connectivity index (χ4n) is 1.87. The van der Waals surface area contributed by atoms with E-state index < -0.39 is 0 Å². The van der Waals surface area contributed by atoms with Crippen LogP contribution in [0, 0.1) is 12.8 Å². The lowest BCUT2D eigenvalue weighted by Gasteiger charge is -2.06. The highest BCUT2D eigenvalue weighted by molar-refractivity contribution is 5.26. The fraction of sp³-hybridized carbons (Fsp3) is 0.412. The monoisotopic (exact) mass is 273 g/mol. The molecule has 0 amide bonds. The minimum absolute atomic E-state index is 0.466. The lowest BCUT2D eigenvalue weighted by molar-refractivity contribution is 0.265. The molecule has 1 aromatic heterocycles. The Hall–Kier alpha value is -1.74. The first-order valence-corrected chi connectivity index (χ1v) is 7.11. The lowest BCUT2D eigenvalue weighted by Crippen LogP contribution is -2.18. The minimum Gasteiger partial charge on any atom is -0.486 e. The third-order valence-electron chi connectivity index (χ3n) is 2.97. The normalized spacial score (nSPS) is 11.0. The molecule has 0 spiro atoms. The topological polar surface area (TPSA) is 34.4 Å². The number of nitrogens with one attached hydrogen (secondary N) is 1. The van der Waals surface area contributed by atoms with E-state index in [0.29, 0.717) is 12.5 Å². The Bertz CT molecular complexity index is 514. The van der Waals surface area contributed by atoms with Crippen LogP contribution in [0.15, 0.2) is 40.8 Å². The zero-order chi connectivity index (χ0) is 14.4. The van der Waals surface area contributed by atoms with E-state index in [-0.39, 0.29) is 0 Å². The number of ether oxygens (including phenoxy) is 1. The molecule has 0 unspecified atom stereocenters. The van der Waals surface area contributed by atoms with Gasteiger partial charge in [-0.1, -0.05) is 31.5 Å². The van der Waals surface area contributed by atoms with Gasteiger partial charge in [-0.15, -0.1) is 0 Å². The molecule has 0 saturated carbocycles. The summed E-state index contributed by atoms with van der Waals surface area (Å²) in [6, 6.07) is 12.0. The van der Waals surface area contributed by atoms with E-state index in [1.54, 1.807) is 0 Å². The zero-order valence-corrected chi connectivity index (χ0v) is 12.5. The average Bonchev–Trinajstić information content (AvgIpc) is 2.86. The maximum absolute atomic E-state index is 5.72. The number of aryl methyl sites for hydroxylation is 1. The first kappa shape index (κ1) is 14.7. The van der Waals surface area contributed by atoms with Crippen molar-refractivity contribution in [3.8, 4) is 5.75 Å². The molecule has 0 aliphatic carbocycles. The lowest BCUT2D eigenvalue weighted by atomic mass is 10.2. The minimum atomic E-state index is 0.466. The molecule has 0 fully saturated rings. The highest BCUT2D eigenvalue weighted by Gasteiger charge is 2.03. The highest BCUT2D eigenvalue weighted by Crippen LogP contribution is 2.15. The largest absolute Gasteiger partial charge is 0.486 e. The second-order valence-corrected chi connectivity index (χ2v) is 5.49. The molecule has 0 radical (unpaired) electrons. The van der Waals surface area contributed by atoms with Crippen LogP contribution in [0.3, 0.4) is 0 Å². The van der Waals surface area contributed by atoms with Gasteiger partial charge in [0, 0.05) is 0 Å². The first-order valence-electron chi connectivity index (χ1n) is 7.11. The van der Waals surface area contributed by atoms with Crippen molar-refractivity contribution in [1.82, 2.24) is 5.32 Å². The van der Waals surface area contributed by atoms with Crippen LogP contribution in [-0.2, 0) is 13.2 Å². The van der Waals surface area contributed by atoms with Crippen molar-refractivity contribution in [2.24, 2.45) is 5.92 Å². The van der Waals surface area contributed by atoms with Gasteiger partial charge in [0.15, 0.2) is 0 Å². The van der Waals surface area contributed by atoms with Gasteiger partial charge in [0.05, 0.1) is 6.54 Å². The van der Waals surface area contributed by atoms with Crippen LogP contribution >= 0.6 is 0 Å². The summed E-state index contributed by atoms with van der Waals surface area (Å²) in [6.45, 7) is 8.67. The molecule has 1 N–H and O–H groups in total. The predicted molar refractivity (Wildman–Crippen MR) is 80.8 cm³/mol. The number of benzene rings is 1. The Labute approximate surface area is 121 Å². The molecule has 2 aromatic rings. The van der Waals surface area contributed by atoms with Crippen LogP contribution in [0.4, 0.5) is 0 Å². The Morgan fingerprint density at radius 2 is 1.75 bits per heavy atom. The summed E-state index contributed by atoms with van der Waals surface area (Å²) >= 11 is 0. The smallest absolute Gasteiger partial charge is 0.146 e. The van der Waals surface area contributed by atoms with Crippen molar-refractivity contribution in [2.45, 2.75) is 33.9 Å². The van der Waals surface area contributed by atoms with Crippen LogP contribution in [0.2, 0.25) is 0 Å². The second-order valence-electron chi connectivity index (χ2n) is 5.49. The van der Waals surface area contributed by atoms with E-state index in [9.17, 15) is 0 Å². The van der Waals surface area contributed by atoms with Crippen molar-refractivity contribution in [3.05, 3.63) is 53.5 Å². The fourth-order valence-corrected chi connectivity index (χ4v) is 1.87. The molecule has 20 heavy (non-hydrogen) atoms. The van der Waals surface area contributed by atoms with Crippen LogP contribution in [0.25, 0.3) is 0 Å². The molecule has 108 valence electrons. The maximum Gasteiger partial charge on any atom is 0.146 e. The van der Waals surface area contributed by atoms with Crippen molar-refractivity contribution >= 4 is 0 Å². The molecule has 0 saturated heterocycles. The summed E-state index contributed by atoms with van der Waals surface area (Å²) in [7, 11) is 0. The van der Waals surface area contributed by atoms with E-state index in [2.05, 4.69) is 26.1 Å². The summed E-state index contributed by atoms with van der Waals surface area (Å²) in [5, 5.41) is 3.36. The SMILES string of the molecule is Cc1ccc(OCc2ccc(CNCC(C)C)o2)cc1. The molecule has 0 bridgehead atoms. The van der Waals surface area contributed by atoms with Gasteiger partial charge in [-0.25, -0.2) is 0 Å². The van der Waals surface area contributed by atoms with Gasteiger partial charge in [-0.3, -0.25) is 0 Å². The zero-order valence-electron chi connectivity index (χ0n) is 12.5. The second kappa shape index (κ2) is 7.15. The Kier molecular flexibility index (Phi) is 5.24. The summed E-state index contributed by atoms with van der Waals surface area (Å²) in [5.41, 5.74) is 1.23. The summed E-state index contributed by atoms with van der Waals surface area (Å²) in [5.74, 6) is 3.32. The number of rotatable bonds is 7. The van der Waals surface area contributed by atoms with Crippen LogP contribution < -0.4 is 10.1 Å². The molecule has 0 aliphatic heterocycles. The van der Waals surface area contributed by atoms with Crippen molar-refractivity contribution in [2.75, 3.05) is 6.54 Å². The van der Waals surface area contributed by atoms with E-state index in [1.807, 2.05) is 36.4 Å². The van der Waals surface area contributed by atoms with E-state index in [0.717, 1.165) is 30.4 Å². The third kappa shape index (κ3) is 4.74. The molecule has 3 heteroatoms. The number of hydrogen-bond donors (Lipinski definition) is 1. The van der Waals surface area contributed by atoms with Gasteiger partial charge in [-0.05, 0) is 43.7 Å². The van der Waals surface area contributed by atoms with Crippen LogP contribution in [0.1, 0.15) is 30.9 Å². The Balaban J connectivity index is 1.79. The molecule has 1 aromatic carbocycles. The van der Waals surface area contributed by atoms with Crippen LogP contribution in [-0.4, -0.2) is 6.54 Å². The molecular weight excluding hydrogens is 250 g/mol. The van der Waals surface area contributed by atoms with E-state index >= 15 is 0 Å². The van der Waals surface area contributed by atoms with Gasteiger partial charge < -0.3 is 14.5 Å². The Morgan fingerprint density at radius 1 is 1.05 bits per heavy atom. The molecule has 0 atom stereocenters. The van der Waals surface area contributed by atoms with Crippen molar-refractivity contribution < 1.29 is 9.15 Å². The molecule has 2 rings (SSSR count). The molecule has 1 heterocycles. The van der Waals surface area contributed by atoms with Gasteiger partial charge >= 0.3 is 0 Å². The van der Waals surface area contributed by atoms with E-state index in [1.165, 1.54) is 5.56 Å². The van der Waals surface area contributed by atoms with Crippen molar-refractivity contribution in [3.63, 3.8) is 0 Å². The number of furan rings is 1. The van der Waals surface area contributed by atoms with Gasteiger partial charge in [0.2, 0.25) is 0 Å². The predicted octanol–water partition coefficient (Wildman–Crippen LogP) is 3.91. The quantitative estimate of drug-likeness (QED) is 0.830. The first-order chi connectivity index (χ1) is 9.63.